The molecule has 78 valence electrons. The van der Waals surface area contributed by atoms with Crippen molar-refractivity contribution in [2.24, 2.45) is 0 Å². The van der Waals surface area contributed by atoms with Crippen molar-refractivity contribution < 1.29 is 14.3 Å². The molecule has 0 aromatic heterocycles. The maximum absolute atomic E-state index is 10.3. The molecule has 0 saturated carbocycles. The molecular weight excluding hydrogens is 180 g/mol. The third-order valence-corrected chi connectivity index (χ3v) is 0.855. The van der Waals surface area contributed by atoms with Gasteiger partial charge in [0.05, 0.1) is 13.4 Å². The second-order valence-electron chi connectivity index (χ2n) is 2.37. The van der Waals surface area contributed by atoms with Crippen LogP contribution in [0.5, 0.6) is 0 Å². The van der Waals surface area contributed by atoms with Gasteiger partial charge in [0.15, 0.2) is 0 Å². The largest absolute Gasteiger partial charge is 0.466 e. The van der Waals surface area contributed by atoms with E-state index in [1.165, 1.54) is 25.7 Å². The van der Waals surface area contributed by atoms with Crippen LogP contribution >= 0.6 is 0 Å². The minimum atomic E-state index is -0.287. The monoisotopic (exact) mass is 196 g/mol. The number of rotatable bonds is 3. The fourth-order valence-electron chi connectivity index (χ4n) is 0.391. The summed E-state index contributed by atoms with van der Waals surface area (Å²) in [5, 5.41) is 0. The molecule has 3 heteroatoms. The number of carbonyl (C=O) groups is 1. The smallest absolute Gasteiger partial charge is 0.330 e. The first-order valence-electron chi connectivity index (χ1n) is 3.92. The van der Waals surface area contributed by atoms with Crippen molar-refractivity contribution in [3.8, 4) is 0 Å². The number of hydrogen-bond acceptors (Lipinski definition) is 3. The van der Waals surface area contributed by atoms with E-state index in [4.69, 9.17) is 0 Å². The van der Waals surface area contributed by atoms with Gasteiger partial charge in [-0.25, -0.2) is 4.79 Å². The van der Waals surface area contributed by atoms with E-state index < -0.39 is 0 Å². The molecule has 0 unspecified atom stereocenters. The van der Waals surface area contributed by atoms with Crippen LogP contribution in [0, 0.1) is 0 Å². The Hall–Kier alpha value is -1.73. The number of ether oxygens (including phenoxy) is 2. The van der Waals surface area contributed by atoms with Gasteiger partial charge in [0, 0.05) is 6.08 Å². The second kappa shape index (κ2) is 11.3. The van der Waals surface area contributed by atoms with Gasteiger partial charge < -0.3 is 9.47 Å². The number of allylic oxidation sites excluding steroid dienone is 1. The summed E-state index contributed by atoms with van der Waals surface area (Å²) in [6, 6.07) is 0. The first kappa shape index (κ1) is 14.8. The van der Waals surface area contributed by atoms with Crippen molar-refractivity contribution in [3.63, 3.8) is 0 Å². The molecule has 0 bridgehead atoms. The Morgan fingerprint density at radius 3 is 2.14 bits per heavy atom. The summed E-state index contributed by atoms with van der Waals surface area (Å²) in [4.78, 5) is 10.3. The highest BCUT2D eigenvalue weighted by Crippen LogP contribution is 1.88. The lowest BCUT2D eigenvalue weighted by atomic mass is 10.3. The van der Waals surface area contributed by atoms with E-state index in [0.717, 1.165) is 5.57 Å². The van der Waals surface area contributed by atoms with Gasteiger partial charge >= 0.3 is 5.97 Å². The normalized spacial score (nSPS) is 6.79. The zero-order valence-electron chi connectivity index (χ0n) is 8.87. The second-order valence-corrected chi connectivity index (χ2v) is 2.37. The Morgan fingerprint density at radius 2 is 2.00 bits per heavy atom. The van der Waals surface area contributed by atoms with E-state index >= 15 is 0 Å². The highest BCUT2D eigenvalue weighted by atomic mass is 16.5. The zero-order valence-corrected chi connectivity index (χ0v) is 8.87. The third-order valence-electron chi connectivity index (χ3n) is 0.855. The van der Waals surface area contributed by atoms with Crippen LogP contribution in [0.4, 0.5) is 0 Å². The number of hydrogen-bond donors (Lipinski definition) is 0. The van der Waals surface area contributed by atoms with Crippen molar-refractivity contribution in [1.29, 1.82) is 0 Å². The minimum absolute atomic E-state index is 0.287. The lowest BCUT2D eigenvalue weighted by Crippen LogP contribution is -1.94. The minimum Gasteiger partial charge on any atom is -0.466 e. The van der Waals surface area contributed by atoms with Crippen molar-refractivity contribution in [1.82, 2.24) is 0 Å². The molecule has 14 heavy (non-hydrogen) atoms. The van der Waals surface area contributed by atoms with Gasteiger partial charge in [-0.15, -0.1) is 0 Å². The SMILES string of the molecule is C=C=COC=C.COC(=O)C=C(C)C. The molecule has 0 N–H and O–H groups in total. The summed E-state index contributed by atoms with van der Waals surface area (Å²) < 4.78 is 8.79. The lowest BCUT2D eigenvalue weighted by molar-refractivity contribution is -0.134. The summed E-state index contributed by atoms with van der Waals surface area (Å²) in [5.41, 5.74) is 3.36. The summed E-state index contributed by atoms with van der Waals surface area (Å²) in [6.45, 7) is 10.2. The van der Waals surface area contributed by atoms with E-state index in [1.807, 2.05) is 13.8 Å². The Bertz CT molecular complexity index is 241. The van der Waals surface area contributed by atoms with Gasteiger partial charge in [0.2, 0.25) is 0 Å². The molecule has 0 saturated heterocycles. The average Bonchev–Trinajstić information content (AvgIpc) is 2.14. The topological polar surface area (TPSA) is 35.5 Å². The Balaban J connectivity index is 0. The molecule has 0 amide bonds. The van der Waals surface area contributed by atoms with Gasteiger partial charge in [-0.1, -0.05) is 24.5 Å². The molecule has 0 aliphatic carbocycles. The molecule has 0 aliphatic rings. The first-order valence-corrected chi connectivity index (χ1v) is 3.92. The summed E-state index contributed by atoms with van der Waals surface area (Å²) in [7, 11) is 1.36. The van der Waals surface area contributed by atoms with Crippen LogP contribution in [-0.2, 0) is 14.3 Å². The molecule has 0 heterocycles. The van der Waals surface area contributed by atoms with E-state index in [9.17, 15) is 4.79 Å². The van der Waals surface area contributed by atoms with Crippen molar-refractivity contribution >= 4 is 5.97 Å². The number of carbonyl (C=O) groups excluding carboxylic acids is 1. The molecule has 0 rings (SSSR count). The number of esters is 1. The van der Waals surface area contributed by atoms with Crippen LogP contribution < -0.4 is 0 Å². The van der Waals surface area contributed by atoms with E-state index in [1.54, 1.807) is 0 Å². The van der Waals surface area contributed by atoms with Crippen LogP contribution in [0.1, 0.15) is 13.8 Å². The molecule has 0 atom stereocenters. The summed E-state index contributed by atoms with van der Waals surface area (Å²) in [5.74, 6) is -0.287. The Morgan fingerprint density at radius 1 is 1.43 bits per heavy atom. The van der Waals surface area contributed by atoms with Gasteiger partial charge in [-0.2, -0.15) is 0 Å². The molecule has 0 aromatic rings. The van der Waals surface area contributed by atoms with Crippen LogP contribution in [0.25, 0.3) is 0 Å². The van der Waals surface area contributed by atoms with Gasteiger partial charge in [-0.3, -0.25) is 0 Å². The number of methoxy groups -OCH3 is 1. The van der Waals surface area contributed by atoms with Gasteiger partial charge in [0.25, 0.3) is 0 Å². The van der Waals surface area contributed by atoms with E-state index in [0.29, 0.717) is 0 Å². The van der Waals surface area contributed by atoms with Gasteiger partial charge in [-0.05, 0) is 13.8 Å². The average molecular weight is 196 g/mol. The molecule has 0 fully saturated rings. The highest BCUT2D eigenvalue weighted by molar-refractivity contribution is 5.82. The lowest BCUT2D eigenvalue weighted by Gasteiger charge is -1.89. The van der Waals surface area contributed by atoms with Gasteiger partial charge in [0.1, 0.15) is 6.26 Å². The van der Waals surface area contributed by atoms with Crippen molar-refractivity contribution in [3.05, 3.63) is 43.1 Å². The van der Waals surface area contributed by atoms with Crippen LogP contribution in [0.3, 0.4) is 0 Å². The molecule has 0 spiro atoms. The standard InChI is InChI=1S/C6H10O2.C5H6O/c1-5(2)4-6(7)8-3;1-3-5-6-4-2/h4H,1-3H3;4-5H,1-2H2. The van der Waals surface area contributed by atoms with E-state index in [-0.39, 0.29) is 5.97 Å². The van der Waals surface area contributed by atoms with Crippen LogP contribution in [0.15, 0.2) is 43.1 Å². The quantitative estimate of drug-likeness (QED) is 0.301. The molecular formula is C11H16O3. The van der Waals surface area contributed by atoms with E-state index in [2.05, 4.69) is 28.4 Å². The molecule has 0 radical (unpaired) electrons. The molecule has 3 nitrogen and oxygen atoms in total. The Labute approximate surface area is 85.0 Å². The predicted molar refractivity (Wildman–Crippen MR) is 56.4 cm³/mol. The van der Waals surface area contributed by atoms with Crippen molar-refractivity contribution in [2.45, 2.75) is 13.8 Å². The molecule has 0 aromatic carbocycles. The maximum Gasteiger partial charge on any atom is 0.330 e. The van der Waals surface area contributed by atoms with Crippen LogP contribution in [-0.4, -0.2) is 13.1 Å². The van der Waals surface area contributed by atoms with Crippen LogP contribution in [0.2, 0.25) is 0 Å². The maximum atomic E-state index is 10.3. The highest BCUT2D eigenvalue weighted by Gasteiger charge is 1.89. The first-order chi connectivity index (χ1) is 6.58. The zero-order chi connectivity index (χ0) is 11.4. The third kappa shape index (κ3) is 16.7. The summed E-state index contributed by atoms with van der Waals surface area (Å²) in [6.07, 6.45) is 4.07. The summed E-state index contributed by atoms with van der Waals surface area (Å²) >= 11 is 0. The predicted octanol–water partition coefficient (Wildman–Crippen LogP) is 2.57. The fraction of sp³-hybridized carbons (Fsp3) is 0.273. The molecule has 0 aliphatic heterocycles. The van der Waals surface area contributed by atoms with Crippen molar-refractivity contribution in [2.75, 3.05) is 7.11 Å². The Kier molecular flexibility index (Phi) is 11.9. The fourth-order valence-corrected chi connectivity index (χ4v) is 0.391.